The summed E-state index contributed by atoms with van der Waals surface area (Å²) in [6.07, 6.45) is -0.133. The highest BCUT2D eigenvalue weighted by Gasteiger charge is 2.22. The molecule has 0 radical (unpaired) electrons. The number of amides is 1. The minimum absolute atomic E-state index is 0.00467. The normalized spacial score (nSPS) is 12.1. The molecule has 5 nitrogen and oxygen atoms in total. The summed E-state index contributed by atoms with van der Waals surface area (Å²) in [5.74, 6) is 0. The number of carbonyl (C=O) groups is 1. The molecule has 1 unspecified atom stereocenters. The summed E-state index contributed by atoms with van der Waals surface area (Å²) in [6.45, 7) is 0.00125. The molecule has 0 aromatic heterocycles. The Bertz CT molecular complexity index is 355. The van der Waals surface area contributed by atoms with Gasteiger partial charge in [-0.25, -0.2) is 4.79 Å². The lowest BCUT2D eigenvalue weighted by atomic mass is 10.1. The smallest absolute Gasteiger partial charge is 0.407 e. The maximum Gasteiger partial charge on any atom is 0.407 e. The van der Waals surface area contributed by atoms with Gasteiger partial charge in [-0.05, 0) is 18.4 Å². The summed E-state index contributed by atoms with van der Waals surface area (Å²) in [5, 5.41) is 27.2. The van der Waals surface area contributed by atoms with Crippen LogP contribution in [0.2, 0.25) is 0 Å². The van der Waals surface area contributed by atoms with Crippen LogP contribution in [0.4, 0.5) is 4.79 Å². The van der Waals surface area contributed by atoms with E-state index in [0.29, 0.717) is 12.8 Å². The fourth-order valence-corrected chi connectivity index (χ4v) is 1.81. The molecule has 1 rings (SSSR count). The van der Waals surface area contributed by atoms with E-state index < -0.39 is 12.1 Å². The van der Waals surface area contributed by atoms with Crippen LogP contribution in [0.5, 0.6) is 0 Å². The standard InChI is InChI=1S/C13H19NO4/c15-8-4-7-12(10-16)14(13(17)18)9-11-5-2-1-3-6-11/h1-3,5-6,12,15-16H,4,7-10H2,(H,17,18). The number of nitrogens with zero attached hydrogens (tertiary/aromatic N) is 1. The summed E-state index contributed by atoms with van der Waals surface area (Å²) in [6, 6.07) is 8.76. The van der Waals surface area contributed by atoms with Crippen LogP contribution in [0, 0.1) is 0 Å². The van der Waals surface area contributed by atoms with Crippen molar-refractivity contribution >= 4 is 6.09 Å². The number of benzene rings is 1. The van der Waals surface area contributed by atoms with E-state index in [1.54, 1.807) is 0 Å². The van der Waals surface area contributed by atoms with Gasteiger partial charge in [-0.3, -0.25) is 4.90 Å². The predicted octanol–water partition coefficient (Wildman–Crippen LogP) is 1.30. The van der Waals surface area contributed by atoms with E-state index in [2.05, 4.69) is 0 Å². The Labute approximate surface area is 106 Å². The van der Waals surface area contributed by atoms with Crippen LogP contribution in [-0.2, 0) is 6.54 Å². The zero-order valence-corrected chi connectivity index (χ0v) is 10.2. The van der Waals surface area contributed by atoms with Crippen molar-refractivity contribution in [3.8, 4) is 0 Å². The zero-order valence-electron chi connectivity index (χ0n) is 10.2. The average molecular weight is 253 g/mol. The van der Waals surface area contributed by atoms with Gasteiger partial charge in [0.1, 0.15) is 0 Å². The second-order valence-electron chi connectivity index (χ2n) is 4.10. The van der Waals surface area contributed by atoms with Gasteiger partial charge in [-0.1, -0.05) is 30.3 Å². The molecule has 5 heteroatoms. The lowest BCUT2D eigenvalue weighted by Crippen LogP contribution is -2.41. The van der Waals surface area contributed by atoms with E-state index >= 15 is 0 Å². The largest absolute Gasteiger partial charge is 0.465 e. The Morgan fingerprint density at radius 2 is 1.89 bits per heavy atom. The zero-order chi connectivity index (χ0) is 13.4. The first-order chi connectivity index (χ1) is 8.69. The first kappa shape index (κ1) is 14.5. The average Bonchev–Trinajstić information content (AvgIpc) is 2.39. The summed E-state index contributed by atoms with van der Waals surface area (Å²) in [7, 11) is 0. The fraction of sp³-hybridized carbons (Fsp3) is 0.462. The van der Waals surface area contributed by atoms with Gasteiger partial charge in [-0.15, -0.1) is 0 Å². The van der Waals surface area contributed by atoms with Crippen molar-refractivity contribution in [3.63, 3.8) is 0 Å². The number of hydrogen-bond donors (Lipinski definition) is 3. The molecule has 0 aliphatic heterocycles. The number of aliphatic hydroxyl groups is 2. The molecule has 18 heavy (non-hydrogen) atoms. The molecule has 0 bridgehead atoms. The molecule has 0 fully saturated rings. The Kier molecular flexibility index (Phi) is 6.18. The third-order valence-electron chi connectivity index (χ3n) is 2.79. The highest BCUT2D eigenvalue weighted by molar-refractivity contribution is 5.65. The number of rotatable bonds is 7. The fourth-order valence-electron chi connectivity index (χ4n) is 1.81. The molecule has 1 atom stereocenters. The molecular formula is C13H19NO4. The summed E-state index contributed by atoms with van der Waals surface area (Å²) >= 11 is 0. The van der Waals surface area contributed by atoms with E-state index in [0.717, 1.165) is 5.56 Å². The van der Waals surface area contributed by atoms with E-state index in [1.807, 2.05) is 30.3 Å². The van der Waals surface area contributed by atoms with Gasteiger partial charge in [0.05, 0.1) is 12.6 Å². The van der Waals surface area contributed by atoms with Crippen LogP contribution in [0.15, 0.2) is 30.3 Å². The van der Waals surface area contributed by atoms with Crippen molar-refractivity contribution in [2.24, 2.45) is 0 Å². The first-order valence-corrected chi connectivity index (χ1v) is 5.94. The molecule has 0 aliphatic carbocycles. The lowest BCUT2D eigenvalue weighted by Gasteiger charge is -2.28. The Morgan fingerprint density at radius 1 is 1.22 bits per heavy atom. The molecule has 0 spiro atoms. The van der Waals surface area contributed by atoms with Gasteiger partial charge in [-0.2, -0.15) is 0 Å². The molecule has 0 aliphatic rings. The minimum Gasteiger partial charge on any atom is -0.465 e. The Balaban J connectivity index is 2.71. The number of carboxylic acid groups (broad SMARTS) is 1. The topological polar surface area (TPSA) is 81.0 Å². The molecule has 0 saturated heterocycles. The molecule has 100 valence electrons. The molecule has 0 heterocycles. The molecule has 1 aromatic rings. The maximum atomic E-state index is 11.2. The second kappa shape index (κ2) is 7.68. The molecule has 1 amide bonds. The maximum absolute atomic E-state index is 11.2. The third-order valence-corrected chi connectivity index (χ3v) is 2.79. The highest BCUT2D eigenvalue weighted by Crippen LogP contribution is 2.12. The SMILES string of the molecule is O=C(O)N(Cc1ccccc1)C(CO)CCCO. The van der Waals surface area contributed by atoms with Crippen molar-refractivity contribution in [3.05, 3.63) is 35.9 Å². The van der Waals surface area contributed by atoms with Crippen molar-refractivity contribution in [2.45, 2.75) is 25.4 Å². The predicted molar refractivity (Wildman–Crippen MR) is 67.2 cm³/mol. The lowest BCUT2D eigenvalue weighted by molar-refractivity contribution is 0.0860. The van der Waals surface area contributed by atoms with Crippen LogP contribution < -0.4 is 0 Å². The second-order valence-corrected chi connectivity index (χ2v) is 4.10. The van der Waals surface area contributed by atoms with Crippen LogP contribution in [0.1, 0.15) is 18.4 Å². The van der Waals surface area contributed by atoms with Crippen molar-refractivity contribution in [1.82, 2.24) is 4.90 Å². The Hall–Kier alpha value is -1.59. The molecule has 3 N–H and O–H groups in total. The first-order valence-electron chi connectivity index (χ1n) is 5.94. The highest BCUT2D eigenvalue weighted by atomic mass is 16.4. The van der Waals surface area contributed by atoms with E-state index in [1.165, 1.54) is 4.90 Å². The van der Waals surface area contributed by atoms with E-state index in [4.69, 9.17) is 5.11 Å². The van der Waals surface area contributed by atoms with Crippen molar-refractivity contribution < 1.29 is 20.1 Å². The van der Waals surface area contributed by atoms with Gasteiger partial charge >= 0.3 is 6.09 Å². The molecule has 0 saturated carbocycles. The van der Waals surface area contributed by atoms with Gasteiger partial charge in [0.25, 0.3) is 0 Å². The minimum atomic E-state index is -1.06. The van der Waals surface area contributed by atoms with E-state index in [9.17, 15) is 15.0 Å². The van der Waals surface area contributed by atoms with E-state index in [-0.39, 0.29) is 19.8 Å². The van der Waals surface area contributed by atoms with Gasteiger partial charge < -0.3 is 15.3 Å². The van der Waals surface area contributed by atoms with Gasteiger partial charge in [0, 0.05) is 13.2 Å². The van der Waals surface area contributed by atoms with Gasteiger partial charge in [0.15, 0.2) is 0 Å². The Morgan fingerprint density at radius 3 is 2.39 bits per heavy atom. The van der Waals surface area contributed by atoms with Crippen LogP contribution in [0.25, 0.3) is 0 Å². The van der Waals surface area contributed by atoms with Crippen molar-refractivity contribution in [1.29, 1.82) is 0 Å². The quantitative estimate of drug-likeness (QED) is 0.684. The molecular weight excluding hydrogens is 234 g/mol. The van der Waals surface area contributed by atoms with Gasteiger partial charge in [0.2, 0.25) is 0 Å². The summed E-state index contributed by atoms with van der Waals surface area (Å²) in [4.78, 5) is 12.4. The summed E-state index contributed by atoms with van der Waals surface area (Å²) in [5.41, 5.74) is 0.877. The molecule has 1 aromatic carbocycles. The van der Waals surface area contributed by atoms with Crippen LogP contribution in [-0.4, -0.2) is 45.6 Å². The monoisotopic (exact) mass is 253 g/mol. The third kappa shape index (κ3) is 4.35. The van der Waals surface area contributed by atoms with Crippen molar-refractivity contribution in [2.75, 3.05) is 13.2 Å². The van der Waals surface area contributed by atoms with Crippen LogP contribution in [0.3, 0.4) is 0 Å². The summed E-state index contributed by atoms with van der Waals surface area (Å²) < 4.78 is 0. The van der Waals surface area contributed by atoms with Crippen LogP contribution >= 0.6 is 0 Å². The number of hydrogen-bond acceptors (Lipinski definition) is 3. The number of aliphatic hydroxyl groups excluding tert-OH is 2.